The molecule has 0 atom stereocenters. The fraction of sp³-hybridized carbons (Fsp3) is 0.409. The molecule has 4 rings (SSSR count). The maximum atomic E-state index is 12.9. The first-order valence-corrected chi connectivity index (χ1v) is 11.5. The Bertz CT molecular complexity index is 1000. The van der Waals surface area contributed by atoms with Crippen LogP contribution in [0.5, 0.6) is 0 Å². The van der Waals surface area contributed by atoms with Crippen LogP contribution in [-0.4, -0.2) is 58.4 Å². The molecule has 2 fully saturated rings. The number of anilines is 1. The molecule has 0 N–H and O–H groups in total. The fourth-order valence-corrected chi connectivity index (χ4v) is 5.04. The first kappa shape index (κ1) is 20.8. The summed E-state index contributed by atoms with van der Waals surface area (Å²) in [5.41, 5.74) is 2.02. The molecule has 0 saturated carbocycles. The summed E-state index contributed by atoms with van der Waals surface area (Å²) in [5.74, 6) is -0.591. The minimum absolute atomic E-state index is 0.0709. The molecular weight excluding hydrogens is 404 g/mol. The van der Waals surface area contributed by atoms with Gasteiger partial charge in [-0.2, -0.15) is 0 Å². The molecule has 0 aliphatic carbocycles. The maximum Gasteiger partial charge on any atom is 0.264 e. The topological polar surface area (TPSA) is 76.2 Å². The van der Waals surface area contributed by atoms with Crippen LogP contribution in [-0.2, 0) is 19.5 Å². The van der Waals surface area contributed by atoms with Crippen LogP contribution < -0.4 is 4.31 Å². The van der Waals surface area contributed by atoms with Gasteiger partial charge in [-0.1, -0.05) is 17.7 Å². The summed E-state index contributed by atoms with van der Waals surface area (Å²) in [7, 11) is -2.15. The van der Waals surface area contributed by atoms with E-state index in [1.165, 1.54) is 11.4 Å². The van der Waals surface area contributed by atoms with Gasteiger partial charge < -0.3 is 14.4 Å². The van der Waals surface area contributed by atoms with Gasteiger partial charge in [0.1, 0.15) is 0 Å². The summed E-state index contributed by atoms with van der Waals surface area (Å²) in [4.78, 5) is 14.9. The van der Waals surface area contributed by atoms with Crippen LogP contribution in [0.15, 0.2) is 53.4 Å². The van der Waals surface area contributed by atoms with Crippen molar-refractivity contribution in [1.82, 2.24) is 4.90 Å². The van der Waals surface area contributed by atoms with Crippen LogP contribution in [0, 0.1) is 6.92 Å². The second kappa shape index (κ2) is 8.02. The summed E-state index contributed by atoms with van der Waals surface area (Å²) in [6, 6.07) is 13.4. The van der Waals surface area contributed by atoms with E-state index in [0.29, 0.717) is 50.4 Å². The van der Waals surface area contributed by atoms with Crippen molar-refractivity contribution in [2.75, 3.05) is 37.7 Å². The van der Waals surface area contributed by atoms with Gasteiger partial charge in [0.2, 0.25) is 0 Å². The SMILES string of the molecule is Cc1ccc(S(=O)(=O)N(C)c2ccc(C(=O)N3CCC4(CC3)OCCO4)cc2)cc1. The molecule has 1 spiro atoms. The highest BCUT2D eigenvalue weighted by molar-refractivity contribution is 7.92. The number of likely N-dealkylation sites (tertiary alicyclic amines) is 1. The number of benzene rings is 2. The number of aryl methyl sites for hydroxylation is 1. The number of hydrogen-bond acceptors (Lipinski definition) is 5. The summed E-state index contributed by atoms with van der Waals surface area (Å²) in [5, 5.41) is 0. The Morgan fingerprint density at radius 2 is 1.53 bits per heavy atom. The van der Waals surface area contributed by atoms with E-state index >= 15 is 0 Å². The number of carbonyl (C=O) groups is 1. The Kier molecular flexibility index (Phi) is 5.57. The highest BCUT2D eigenvalue weighted by Gasteiger charge is 2.40. The predicted octanol–water partition coefficient (Wildman–Crippen LogP) is 2.80. The van der Waals surface area contributed by atoms with Crippen molar-refractivity contribution in [1.29, 1.82) is 0 Å². The number of piperidine rings is 1. The van der Waals surface area contributed by atoms with Gasteiger partial charge in [0.05, 0.1) is 23.8 Å². The summed E-state index contributed by atoms with van der Waals surface area (Å²) in [6.07, 6.45) is 1.32. The van der Waals surface area contributed by atoms with Crippen molar-refractivity contribution in [3.63, 3.8) is 0 Å². The number of ether oxygens (including phenoxy) is 2. The van der Waals surface area contributed by atoms with Gasteiger partial charge in [-0.25, -0.2) is 8.42 Å². The Balaban J connectivity index is 1.44. The van der Waals surface area contributed by atoms with Crippen LogP contribution in [0.2, 0.25) is 0 Å². The molecule has 2 aliphatic rings. The van der Waals surface area contributed by atoms with E-state index in [4.69, 9.17) is 9.47 Å². The molecule has 0 radical (unpaired) electrons. The third kappa shape index (κ3) is 3.95. The van der Waals surface area contributed by atoms with Crippen LogP contribution >= 0.6 is 0 Å². The van der Waals surface area contributed by atoms with E-state index < -0.39 is 15.8 Å². The minimum Gasteiger partial charge on any atom is -0.347 e. The Labute approximate surface area is 177 Å². The fourth-order valence-electron chi connectivity index (χ4n) is 3.84. The number of amides is 1. The lowest BCUT2D eigenvalue weighted by Crippen LogP contribution is -2.47. The highest BCUT2D eigenvalue weighted by Crippen LogP contribution is 2.32. The minimum atomic E-state index is -3.67. The Morgan fingerprint density at radius 3 is 2.10 bits per heavy atom. The molecule has 0 unspecified atom stereocenters. The lowest BCUT2D eigenvalue weighted by Gasteiger charge is -2.37. The van der Waals surface area contributed by atoms with Gasteiger partial charge >= 0.3 is 0 Å². The molecule has 8 heteroatoms. The molecular formula is C22H26N2O5S. The highest BCUT2D eigenvalue weighted by atomic mass is 32.2. The standard InChI is InChI=1S/C22H26N2O5S/c1-17-3-9-20(10-4-17)30(26,27)23(2)19-7-5-18(6-8-19)21(25)24-13-11-22(12-14-24)28-15-16-29-22/h3-10H,11-16H2,1-2H3. The normalized spacial score (nSPS) is 18.5. The van der Waals surface area contributed by atoms with Crippen LogP contribution in [0.25, 0.3) is 0 Å². The zero-order chi connectivity index (χ0) is 21.4. The second-order valence-corrected chi connectivity index (χ2v) is 9.70. The van der Waals surface area contributed by atoms with Gasteiger partial charge in [0.25, 0.3) is 15.9 Å². The van der Waals surface area contributed by atoms with E-state index in [2.05, 4.69) is 0 Å². The Morgan fingerprint density at radius 1 is 0.967 bits per heavy atom. The second-order valence-electron chi connectivity index (χ2n) is 7.73. The van der Waals surface area contributed by atoms with Crippen molar-refractivity contribution in [2.45, 2.75) is 30.4 Å². The quantitative estimate of drug-likeness (QED) is 0.746. The number of hydrogen-bond donors (Lipinski definition) is 0. The van der Waals surface area contributed by atoms with Gasteiger partial charge in [-0.3, -0.25) is 9.10 Å². The molecule has 2 heterocycles. The molecule has 2 aromatic rings. The van der Waals surface area contributed by atoms with Gasteiger partial charge in [0.15, 0.2) is 5.79 Å². The summed E-state index contributed by atoms with van der Waals surface area (Å²) < 4.78 is 38.4. The van der Waals surface area contributed by atoms with Gasteiger partial charge in [-0.15, -0.1) is 0 Å². The molecule has 2 aliphatic heterocycles. The molecule has 30 heavy (non-hydrogen) atoms. The predicted molar refractivity (Wildman–Crippen MR) is 113 cm³/mol. The van der Waals surface area contributed by atoms with Crippen molar-refractivity contribution >= 4 is 21.6 Å². The molecule has 0 bridgehead atoms. The molecule has 7 nitrogen and oxygen atoms in total. The zero-order valence-electron chi connectivity index (χ0n) is 17.2. The smallest absolute Gasteiger partial charge is 0.264 e. The van der Waals surface area contributed by atoms with Crippen molar-refractivity contribution in [2.24, 2.45) is 0 Å². The van der Waals surface area contributed by atoms with E-state index in [1.807, 2.05) is 6.92 Å². The van der Waals surface area contributed by atoms with E-state index in [-0.39, 0.29) is 10.8 Å². The summed E-state index contributed by atoms with van der Waals surface area (Å²) in [6.45, 7) is 4.26. The largest absolute Gasteiger partial charge is 0.347 e. The van der Waals surface area contributed by atoms with E-state index in [0.717, 1.165) is 5.56 Å². The molecule has 0 aromatic heterocycles. The van der Waals surface area contributed by atoms with Crippen molar-refractivity contribution in [3.8, 4) is 0 Å². The molecule has 2 aromatic carbocycles. The third-order valence-electron chi connectivity index (χ3n) is 5.78. The van der Waals surface area contributed by atoms with Crippen LogP contribution in [0.4, 0.5) is 5.69 Å². The lowest BCUT2D eigenvalue weighted by atomic mass is 10.0. The number of rotatable bonds is 4. The number of carbonyl (C=O) groups excluding carboxylic acids is 1. The number of nitrogens with zero attached hydrogens (tertiary/aromatic N) is 2. The molecule has 1 amide bonds. The van der Waals surface area contributed by atoms with E-state index in [9.17, 15) is 13.2 Å². The van der Waals surface area contributed by atoms with Crippen molar-refractivity contribution < 1.29 is 22.7 Å². The lowest BCUT2D eigenvalue weighted by molar-refractivity contribution is -0.181. The van der Waals surface area contributed by atoms with Gasteiger partial charge in [-0.05, 0) is 43.3 Å². The van der Waals surface area contributed by atoms with E-state index in [1.54, 1.807) is 53.4 Å². The first-order chi connectivity index (χ1) is 14.3. The van der Waals surface area contributed by atoms with Gasteiger partial charge in [0, 0.05) is 38.5 Å². The zero-order valence-corrected chi connectivity index (χ0v) is 18.0. The van der Waals surface area contributed by atoms with Crippen LogP contribution in [0.1, 0.15) is 28.8 Å². The molecule has 160 valence electrons. The Hall–Kier alpha value is -2.42. The average molecular weight is 431 g/mol. The summed E-state index contributed by atoms with van der Waals surface area (Å²) >= 11 is 0. The molecule has 2 saturated heterocycles. The van der Waals surface area contributed by atoms with Crippen LogP contribution in [0.3, 0.4) is 0 Å². The first-order valence-electron chi connectivity index (χ1n) is 10.0. The van der Waals surface area contributed by atoms with Crippen molar-refractivity contribution in [3.05, 3.63) is 59.7 Å². The monoisotopic (exact) mass is 430 g/mol. The third-order valence-corrected chi connectivity index (χ3v) is 7.58. The number of sulfonamides is 1. The average Bonchev–Trinajstić information content (AvgIpc) is 3.21. The maximum absolute atomic E-state index is 12.9.